The van der Waals surface area contributed by atoms with Crippen molar-refractivity contribution in [1.82, 2.24) is 10.2 Å². The molecule has 21 heavy (non-hydrogen) atoms. The lowest BCUT2D eigenvalue weighted by Crippen LogP contribution is -2.34. The van der Waals surface area contributed by atoms with Crippen molar-refractivity contribution < 1.29 is 4.79 Å². The predicted octanol–water partition coefficient (Wildman–Crippen LogP) is 3.02. The van der Waals surface area contributed by atoms with Crippen LogP contribution >= 0.6 is 22.9 Å². The van der Waals surface area contributed by atoms with E-state index in [1.54, 1.807) is 29.5 Å². The number of nitrogens with one attached hydrogen (secondary N) is 1. The molecule has 1 atom stereocenters. The highest BCUT2D eigenvalue weighted by atomic mass is 35.5. The van der Waals surface area contributed by atoms with Crippen LogP contribution in [0.3, 0.4) is 0 Å². The molecule has 2 aromatic rings. The quantitative estimate of drug-likeness (QED) is 0.832. The maximum atomic E-state index is 12.2. The van der Waals surface area contributed by atoms with E-state index in [1.165, 1.54) is 4.88 Å². The Morgan fingerprint density at radius 2 is 2.19 bits per heavy atom. The van der Waals surface area contributed by atoms with Crippen molar-refractivity contribution in [2.75, 3.05) is 26.4 Å². The summed E-state index contributed by atoms with van der Waals surface area (Å²) in [7, 11) is 3.99. The van der Waals surface area contributed by atoms with Gasteiger partial charge >= 0.3 is 0 Å². The molecule has 3 N–H and O–H groups in total. The van der Waals surface area contributed by atoms with Crippen molar-refractivity contribution in [1.29, 1.82) is 0 Å². The molecule has 0 fully saturated rings. The molecule has 2 rings (SSSR count). The number of hydrogen-bond acceptors (Lipinski definition) is 4. The van der Waals surface area contributed by atoms with Crippen molar-refractivity contribution in [2.24, 2.45) is 0 Å². The van der Waals surface area contributed by atoms with E-state index in [1.807, 2.05) is 25.5 Å². The third-order valence-corrected chi connectivity index (χ3v) is 4.53. The van der Waals surface area contributed by atoms with Crippen LogP contribution in [0, 0.1) is 0 Å². The molecule has 1 heterocycles. The Bertz CT molecular complexity index is 613. The van der Waals surface area contributed by atoms with Gasteiger partial charge in [0.15, 0.2) is 0 Å². The molecule has 0 spiro atoms. The van der Waals surface area contributed by atoms with Gasteiger partial charge in [0, 0.05) is 17.0 Å². The van der Waals surface area contributed by atoms with Crippen LogP contribution in [0.2, 0.25) is 5.02 Å². The van der Waals surface area contributed by atoms with Gasteiger partial charge in [-0.25, -0.2) is 0 Å². The monoisotopic (exact) mass is 323 g/mol. The van der Waals surface area contributed by atoms with Crippen LogP contribution in [-0.4, -0.2) is 31.4 Å². The molecular formula is C15H18ClN3OS. The van der Waals surface area contributed by atoms with Crippen LogP contribution in [0.4, 0.5) is 5.69 Å². The molecule has 1 amide bonds. The Morgan fingerprint density at radius 3 is 2.76 bits per heavy atom. The Morgan fingerprint density at radius 1 is 1.43 bits per heavy atom. The van der Waals surface area contributed by atoms with E-state index in [4.69, 9.17) is 17.3 Å². The largest absolute Gasteiger partial charge is 0.398 e. The number of amides is 1. The van der Waals surface area contributed by atoms with Gasteiger partial charge in [-0.3, -0.25) is 4.79 Å². The molecule has 0 radical (unpaired) electrons. The zero-order valence-corrected chi connectivity index (χ0v) is 13.5. The Balaban J connectivity index is 2.03. The summed E-state index contributed by atoms with van der Waals surface area (Å²) in [4.78, 5) is 15.5. The normalized spacial score (nSPS) is 12.4. The van der Waals surface area contributed by atoms with Gasteiger partial charge in [0.1, 0.15) is 0 Å². The second kappa shape index (κ2) is 6.93. The highest BCUT2D eigenvalue weighted by molar-refractivity contribution is 7.10. The number of nitrogens with two attached hydrogens (primary N) is 1. The fraction of sp³-hybridized carbons (Fsp3) is 0.267. The minimum absolute atomic E-state index is 0.151. The topological polar surface area (TPSA) is 58.4 Å². The van der Waals surface area contributed by atoms with Gasteiger partial charge in [0.05, 0.1) is 16.8 Å². The zero-order chi connectivity index (χ0) is 15.4. The highest BCUT2D eigenvalue weighted by Gasteiger charge is 2.17. The molecule has 1 unspecified atom stereocenters. The predicted molar refractivity (Wildman–Crippen MR) is 88.9 cm³/mol. The summed E-state index contributed by atoms with van der Waals surface area (Å²) in [5.74, 6) is -0.151. The van der Waals surface area contributed by atoms with Gasteiger partial charge in [-0.05, 0) is 43.7 Å². The fourth-order valence-corrected chi connectivity index (χ4v) is 3.04. The summed E-state index contributed by atoms with van der Waals surface area (Å²) in [6.07, 6.45) is 0. The van der Waals surface area contributed by atoms with Crippen LogP contribution in [0.5, 0.6) is 0 Å². The number of rotatable bonds is 5. The number of likely N-dealkylation sites (N-methyl/N-ethyl adjacent to an activating group) is 1. The van der Waals surface area contributed by atoms with Crippen LogP contribution in [0.25, 0.3) is 0 Å². The number of benzene rings is 1. The SMILES string of the molecule is CN(C)C(CNC(=O)c1ccc(Cl)c(N)c1)c1cccs1. The van der Waals surface area contributed by atoms with Gasteiger partial charge in [0.2, 0.25) is 0 Å². The molecule has 0 aliphatic carbocycles. The number of thiophene rings is 1. The first-order valence-electron chi connectivity index (χ1n) is 6.52. The van der Waals surface area contributed by atoms with E-state index < -0.39 is 0 Å². The molecule has 0 saturated carbocycles. The molecule has 6 heteroatoms. The number of anilines is 1. The lowest BCUT2D eigenvalue weighted by molar-refractivity contribution is 0.0942. The minimum Gasteiger partial charge on any atom is -0.398 e. The number of nitrogen functional groups attached to an aromatic ring is 1. The number of carbonyl (C=O) groups is 1. The van der Waals surface area contributed by atoms with E-state index in [-0.39, 0.29) is 11.9 Å². The second-order valence-corrected chi connectivity index (χ2v) is 6.33. The molecule has 112 valence electrons. The number of halogens is 1. The lowest BCUT2D eigenvalue weighted by atomic mass is 10.1. The van der Waals surface area contributed by atoms with Crippen molar-refractivity contribution in [3.63, 3.8) is 0 Å². The zero-order valence-electron chi connectivity index (χ0n) is 12.0. The van der Waals surface area contributed by atoms with Crippen LogP contribution in [0.15, 0.2) is 35.7 Å². The van der Waals surface area contributed by atoms with E-state index in [0.29, 0.717) is 22.8 Å². The fourth-order valence-electron chi connectivity index (χ4n) is 1.99. The second-order valence-electron chi connectivity index (χ2n) is 4.94. The molecule has 0 aliphatic rings. The Hall–Kier alpha value is -1.56. The first-order valence-corrected chi connectivity index (χ1v) is 7.78. The smallest absolute Gasteiger partial charge is 0.251 e. The molecule has 0 bridgehead atoms. The Labute approximate surface area is 133 Å². The molecule has 0 aliphatic heterocycles. The summed E-state index contributed by atoms with van der Waals surface area (Å²) in [5.41, 5.74) is 6.64. The minimum atomic E-state index is -0.151. The van der Waals surface area contributed by atoms with Crippen molar-refractivity contribution in [3.05, 3.63) is 51.2 Å². The summed E-state index contributed by atoms with van der Waals surface area (Å²) in [6, 6.07) is 9.13. The van der Waals surface area contributed by atoms with Crippen LogP contribution < -0.4 is 11.1 Å². The van der Waals surface area contributed by atoms with Crippen LogP contribution in [0.1, 0.15) is 21.3 Å². The molecule has 0 saturated heterocycles. The van der Waals surface area contributed by atoms with Gasteiger partial charge < -0.3 is 16.0 Å². The molecular weight excluding hydrogens is 306 g/mol. The maximum Gasteiger partial charge on any atom is 0.251 e. The van der Waals surface area contributed by atoms with Gasteiger partial charge in [-0.15, -0.1) is 11.3 Å². The standard InChI is InChI=1S/C15H18ClN3OS/c1-19(2)13(14-4-3-7-21-14)9-18-15(20)10-5-6-11(16)12(17)8-10/h3-8,13H,9,17H2,1-2H3,(H,18,20). The lowest BCUT2D eigenvalue weighted by Gasteiger charge is -2.23. The van der Waals surface area contributed by atoms with Crippen LogP contribution in [-0.2, 0) is 0 Å². The van der Waals surface area contributed by atoms with E-state index >= 15 is 0 Å². The first kappa shape index (κ1) is 15.8. The third kappa shape index (κ3) is 3.97. The summed E-state index contributed by atoms with van der Waals surface area (Å²) in [5, 5.41) is 5.43. The summed E-state index contributed by atoms with van der Waals surface area (Å²) in [6.45, 7) is 0.537. The molecule has 1 aromatic heterocycles. The van der Waals surface area contributed by atoms with Crippen molar-refractivity contribution >= 4 is 34.5 Å². The van der Waals surface area contributed by atoms with Gasteiger partial charge in [-0.2, -0.15) is 0 Å². The van der Waals surface area contributed by atoms with Crippen molar-refractivity contribution in [3.8, 4) is 0 Å². The summed E-state index contributed by atoms with van der Waals surface area (Å²) >= 11 is 7.54. The third-order valence-electron chi connectivity index (χ3n) is 3.21. The highest BCUT2D eigenvalue weighted by Crippen LogP contribution is 2.23. The van der Waals surface area contributed by atoms with Gasteiger partial charge in [0.25, 0.3) is 5.91 Å². The molecule has 1 aromatic carbocycles. The average Bonchev–Trinajstić information content (AvgIpc) is 2.95. The number of nitrogens with zero attached hydrogens (tertiary/aromatic N) is 1. The van der Waals surface area contributed by atoms with E-state index in [9.17, 15) is 4.79 Å². The number of hydrogen-bond donors (Lipinski definition) is 2. The van der Waals surface area contributed by atoms with Gasteiger partial charge in [-0.1, -0.05) is 17.7 Å². The van der Waals surface area contributed by atoms with Crippen molar-refractivity contribution in [2.45, 2.75) is 6.04 Å². The molecule has 4 nitrogen and oxygen atoms in total. The average molecular weight is 324 g/mol. The van der Waals surface area contributed by atoms with E-state index in [0.717, 1.165) is 0 Å². The van der Waals surface area contributed by atoms with E-state index in [2.05, 4.69) is 16.3 Å². The maximum absolute atomic E-state index is 12.2. The summed E-state index contributed by atoms with van der Waals surface area (Å²) < 4.78 is 0. The number of carbonyl (C=O) groups excluding carboxylic acids is 1. The first-order chi connectivity index (χ1) is 9.99. The Kier molecular flexibility index (Phi) is 5.22.